The van der Waals surface area contributed by atoms with Crippen LogP contribution in [-0.2, 0) is 27.3 Å². The summed E-state index contributed by atoms with van der Waals surface area (Å²) in [6.07, 6.45) is 3.54. The first-order valence-corrected chi connectivity index (χ1v) is 14.1. The second-order valence-corrected chi connectivity index (χ2v) is 10.3. The molecule has 3 aromatic rings. The molecule has 10 nitrogen and oxygen atoms in total. The number of benzene rings is 3. The second-order valence-electron chi connectivity index (χ2n) is 10.3. The summed E-state index contributed by atoms with van der Waals surface area (Å²) in [5.74, 6) is 1.29. The predicted molar refractivity (Wildman–Crippen MR) is 160 cm³/mol. The molecule has 0 spiro atoms. The minimum Gasteiger partial charge on any atom is -0.496 e. The molecule has 0 aliphatic carbocycles. The maximum Gasteiger partial charge on any atom is 0.258 e. The molecule has 5 aliphatic heterocycles. The van der Waals surface area contributed by atoms with Gasteiger partial charge in [-0.05, 0) is 47.9 Å². The van der Waals surface area contributed by atoms with Crippen molar-refractivity contribution in [2.24, 2.45) is 0 Å². The first kappa shape index (κ1) is 29.5. The lowest BCUT2D eigenvalue weighted by atomic mass is 10.1. The molecule has 5 aliphatic rings. The Morgan fingerprint density at radius 2 is 1.74 bits per heavy atom. The molecule has 1 fully saturated rings. The van der Waals surface area contributed by atoms with E-state index in [1.807, 2.05) is 42.5 Å². The Hall–Kier alpha value is -4.99. The lowest BCUT2D eigenvalue weighted by Crippen LogP contribution is -2.46. The van der Waals surface area contributed by atoms with Crippen molar-refractivity contribution in [1.82, 2.24) is 15.5 Å². The van der Waals surface area contributed by atoms with Crippen LogP contribution in [0.3, 0.4) is 0 Å². The fourth-order valence-electron chi connectivity index (χ4n) is 5.09. The summed E-state index contributed by atoms with van der Waals surface area (Å²) in [6, 6.07) is 19.8. The fraction of sp³-hybridized carbons (Fsp3) is 0.303. The molecule has 43 heavy (non-hydrogen) atoms. The summed E-state index contributed by atoms with van der Waals surface area (Å²) in [6.45, 7) is 0.551. The van der Waals surface area contributed by atoms with E-state index in [-0.39, 0.29) is 50.4 Å². The van der Waals surface area contributed by atoms with Crippen LogP contribution in [0, 0.1) is 0 Å². The molecule has 0 radical (unpaired) electrons. The van der Waals surface area contributed by atoms with E-state index in [1.54, 1.807) is 42.4 Å². The average Bonchev–Trinajstić information content (AvgIpc) is 3.42. The van der Waals surface area contributed by atoms with Crippen molar-refractivity contribution in [2.75, 3.05) is 33.9 Å². The molecule has 4 bridgehead atoms. The molecule has 8 rings (SSSR count). The highest BCUT2D eigenvalue weighted by atomic mass is 16.5. The van der Waals surface area contributed by atoms with E-state index in [0.29, 0.717) is 29.4 Å². The highest BCUT2D eigenvalue weighted by Gasteiger charge is 2.37. The number of aryl methyl sites for hydroxylation is 1. The van der Waals surface area contributed by atoms with Gasteiger partial charge in [-0.1, -0.05) is 36.4 Å². The second kappa shape index (κ2) is 13.8. The Kier molecular flexibility index (Phi) is 9.46. The van der Waals surface area contributed by atoms with Gasteiger partial charge < -0.3 is 34.5 Å². The van der Waals surface area contributed by atoms with Crippen molar-refractivity contribution < 1.29 is 33.3 Å². The van der Waals surface area contributed by atoms with Gasteiger partial charge in [0.2, 0.25) is 11.8 Å². The number of carbonyl (C=O) groups excluding carboxylic acids is 3. The van der Waals surface area contributed by atoms with Crippen LogP contribution < -0.4 is 29.6 Å². The van der Waals surface area contributed by atoms with Crippen molar-refractivity contribution in [2.45, 2.75) is 31.5 Å². The van der Waals surface area contributed by atoms with E-state index in [0.717, 1.165) is 16.7 Å². The van der Waals surface area contributed by atoms with Crippen LogP contribution in [-0.4, -0.2) is 68.7 Å². The van der Waals surface area contributed by atoms with E-state index in [2.05, 4.69) is 10.6 Å². The third-order valence-electron chi connectivity index (χ3n) is 7.39. The number of ether oxygens (including phenoxy) is 4. The van der Waals surface area contributed by atoms with E-state index in [4.69, 9.17) is 18.9 Å². The fourth-order valence-corrected chi connectivity index (χ4v) is 5.09. The largest absolute Gasteiger partial charge is 0.496 e. The maximum atomic E-state index is 13.1. The molecule has 0 saturated carbocycles. The first-order valence-electron chi connectivity index (χ1n) is 14.1. The van der Waals surface area contributed by atoms with Gasteiger partial charge in [0, 0.05) is 37.2 Å². The standard InChI is InChI=1S/C33H35N3O7/c1-40-28-17-25-12-11-24(28)18-34-31(37)14-9-23-8-13-27(29(16-23)41-2)42-21-32(38)35-26-19-36(20-30(26)43-25)33(39)15-10-22-6-4-3-5-7-22/h3-8,10-13,15-17,26,30H,9,14,18-21H2,1-2H3,(H,34,37)(H,35,38)/b15-10+/t26-,30-/m1/s1. The number of nitrogens with one attached hydrogen (secondary N) is 2. The summed E-state index contributed by atoms with van der Waals surface area (Å²) >= 11 is 0. The van der Waals surface area contributed by atoms with Crippen LogP contribution in [0.15, 0.2) is 72.8 Å². The Morgan fingerprint density at radius 1 is 0.930 bits per heavy atom. The van der Waals surface area contributed by atoms with Gasteiger partial charge in [-0.3, -0.25) is 14.4 Å². The maximum absolute atomic E-state index is 13.1. The van der Waals surface area contributed by atoms with Crippen LogP contribution in [0.5, 0.6) is 23.0 Å². The zero-order valence-electron chi connectivity index (χ0n) is 24.2. The first-order chi connectivity index (χ1) is 20.9. The van der Waals surface area contributed by atoms with Crippen LogP contribution in [0.25, 0.3) is 6.08 Å². The van der Waals surface area contributed by atoms with Gasteiger partial charge in [-0.15, -0.1) is 0 Å². The molecule has 3 aromatic carbocycles. The SMILES string of the molecule is COc1cc2ccc1CNC(=O)CCc1ccc(c(OC)c1)OCC(=O)N[C@@H]1CN(C(=O)/C=C/c3ccccc3)C[C@H]1O2. The van der Waals surface area contributed by atoms with Gasteiger partial charge in [0.05, 0.1) is 26.8 Å². The predicted octanol–water partition coefficient (Wildman–Crippen LogP) is 3.13. The zero-order valence-corrected chi connectivity index (χ0v) is 24.2. The van der Waals surface area contributed by atoms with Crippen LogP contribution in [0.1, 0.15) is 23.1 Å². The summed E-state index contributed by atoms with van der Waals surface area (Å²) in [7, 11) is 3.08. The normalized spacial score (nSPS) is 19.2. The molecule has 2 N–H and O–H groups in total. The quantitative estimate of drug-likeness (QED) is 0.452. The van der Waals surface area contributed by atoms with Crippen molar-refractivity contribution in [3.8, 4) is 23.0 Å². The number of hydrogen-bond acceptors (Lipinski definition) is 7. The number of methoxy groups -OCH3 is 2. The molecule has 0 unspecified atom stereocenters. The van der Waals surface area contributed by atoms with Crippen molar-refractivity contribution in [3.05, 3.63) is 89.5 Å². The van der Waals surface area contributed by atoms with E-state index < -0.39 is 12.1 Å². The topological polar surface area (TPSA) is 115 Å². The summed E-state index contributed by atoms with van der Waals surface area (Å²) in [5.41, 5.74) is 2.60. The molecule has 10 heteroatoms. The Bertz CT molecular complexity index is 1490. The molecule has 3 amide bonds. The third-order valence-corrected chi connectivity index (χ3v) is 7.39. The number of likely N-dealkylation sites (tertiary alicyclic amines) is 1. The number of hydrogen-bond donors (Lipinski definition) is 2. The smallest absolute Gasteiger partial charge is 0.258 e. The molecule has 1 saturated heterocycles. The Morgan fingerprint density at radius 3 is 2.53 bits per heavy atom. The van der Waals surface area contributed by atoms with E-state index in [9.17, 15) is 14.4 Å². The number of rotatable bonds is 4. The monoisotopic (exact) mass is 585 g/mol. The molecule has 5 heterocycles. The molecule has 2 atom stereocenters. The highest BCUT2D eigenvalue weighted by molar-refractivity contribution is 5.92. The van der Waals surface area contributed by atoms with Crippen LogP contribution in [0.2, 0.25) is 0 Å². The van der Waals surface area contributed by atoms with Crippen LogP contribution in [0.4, 0.5) is 0 Å². The number of carbonyl (C=O) groups is 3. The number of amides is 3. The minimum atomic E-state index is -0.535. The lowest BCUT2D eigenvalue weighted by Gasteiger charge is -2.22. The molecular formula is C33H35N3O7. The van der Waals surface area contributed by atoms with E-state index in [1.165, 1.54) is 13.2 Å². The number of nitrogens with zero attached hydrogens (tertiary/aromatic N) is 1. The molecular weight excluding hydrogens is 550 g/mol. The van der Waals surface area contributed by atoms with E-state index >= 15 is 0 Å². The van der Waals surface area contributed by atoms with Gasteiger partial charge in [0.15, 0.2) is 18.1 Å². The minimum absolute atomic E-state index is 0.104. The molecule has 0 aromatic heterocycles. The summed E-state index contributed by atoms with van der Waals surface area (Å²) < 4.78 is 23.2. The Balaban J connectivity index is 1.39. The summed E-state index contributed by atoms with van der Waals surface area (Å²) in [4.78, 5) is 40.4. The van der Waals surface area contributed by atoms with Crippen LogP contribution >= 0.6 is 0 Å². The van der Waals surface area contributed by atoms with Crippen molar-refractivity contribution in [3.63, 3.8) is 0 Å². The highest BCUT2D eigenvalue weighted by Crippen LogP contribution is 2.30. The Labute approximate surface area is 250 Å². The van der Waals surface area contributed by atoms with Gasteiger partial charge in [0.1, 0.15) is 17.6 Å². The van der Waals surface area contributed by atoms with Gasteiger partial charge >= 0.3 is 0 Å². The average molecular weight is 586 g/mol. The molecule has 224 valence electrons. The third kappa shape index (κ3) is 7.65. The van der Waals surface area contributed by atoms with Gasteiger partial charge in [-0.25, -0.2) is 0 Å². The van der Waals surface area contributed by atoms with Gasteiger partial charge in [-0.2, -0.15) is 0 Å². The van der Waals surface area contributed by atoms with Crippen molar-refractivity contribution in [1.29, 1.82) is 0 Å². The van der Waals surface area contributed by atoms with Crippen molar-refractivity contribution >= 4 is 23.8 Å². The summed E-state index contributed by atoms with van der Waals surface area (Å²) in [5, 5.41) is 5.93. The zero-order chi connectivity index (χ0) is 30.2. The van der Waals surface area contributed by atoms with Gasteiger partial charge in [0.25, 0.3) is 5.91 Å². The lowest BCUT2D eigenvalue weighted by molar-refractivity contribution is -0.126.